The normalized spacial score (nSPS) is 12.0. The van der Waals surface area contributed by atoms with Crippen LogP contribution in [-0.2, 0) is 0 Å². The molecule has 2 N–H and O–H groups in total. The van der Waals surface area contributed by atoms with E-state index in [1.165, 1.54) is 11.5 Å². The number of thiazole rings is 1. The molecule has 0 saturated carbocycles. The highest BCUT2D eigenvalue weighted by atomic mass is 32.1. The summed E-state index contributed by atoms with van der Waals surface area (Å²) in [6, 6.07) is 35.4. The number of furan rings is 1. The fraction of sp³-hybridized carbons (Fsp3) is 0. The molecule has 0 amide bonds. The molecule has 7 nitrogen and oxygen atoms in total. The summed E-state index contributed by atoms with van der Waals surface area (Å²) in [4.78, 5) is 9.01. The molecule has 0 unspecified atom stereocenters. The van der Waals surface area contributed by atoms with E-state index in [0.29, 0.717) is 0 Å². The third-order valence-electron chi connectivity index (χ3n) is 8.47. The van der Waals surface area contributed by atoms with Crippen molar-refractivity contribution in [2.45, 2.75) is 0 Å². The zero-order valence-corrected chi connectivity index (χ0v) is 25.0. The van der Waals surface area contributed by atoms with Crippen molar-refractivity contribution in [1.82, 2.24) is 29.8 Å². The minimum absolute atomic E-state index is 0.795. The summed E-state index contributed by atoms with van der Waals surface area (Å²) in [6.07, 6.45) is 1.83. The molecular formula is C36H20N6OS2. The number of rotatable bonds is 4. The van der Waals surface area contributed by atoms with Gasteiger partial charge in [-0.1, -0.05) is 71.9 Å². The van der Waals surface area contributed by atoms with Gasteiger partial charge in [0.15, 0.2) is 0 Å². The number of H-pyrrole nitrogens is 2. The highest BCUT2D eigenvalue weighted by Crippen LogP contribution is 2.50. The molecular weight excluding hydrogens is 597 g/mol. The first-order valence-electron chi connectivity index (χ1n) is 14.5. The maximum atomic E-state index is 6.36. The van der Waals surface area contributed by atoms with E-state index < -0.39 is 0 Å². The molecule has 0 atom stereocenters. The first-order chi connectivity index (χ1) is 22.3. The standard InChI is InChI=1S/C36H20N6OS2/c1-2-9-20-19(8-1)18-43-35(20)22-16-17-25-30(29(22)36-38-24-12-4-6-15-28(24)44-36)31(34-21-10-3-5-14-27(21)45-41-34)33(37-25)23-11-7-13-26-32(23)40-42-39-26/h1-18,37H,(H,39,40,42). The lowest BCUT2D eigenvalue weighted by Crippen LogP contribution is -1.89. The Labute approximate surface area is 263 Å². The molecule has 45 heavy (non-hydrogen) atoms. The molecule has 5 heterocycles. The lowest BCUT2D eigenvalue weighted by Gasteiger charge is -2.11. The fourth-order valence-corrected chi connectivity index (χ4v) is 8.27. The Morgan fingerprint density at radius 3 is 2.47 bits per heavy atom. The second kappa shape index (κ2) is 9.43. The molecule has 0 aliphatic rings. The van der Waals surface area contributed by atoms with Gasteiger partial charge in [0.05, 0.1) is 38.1 Å². The van der Waals surface area contributed by atoms with Crippen LogP contribution < -0.4 is 0 Å². The zero-order valence-electron chi connectivity index (χ0n) is 23.4. The van der Waals surface area contributed by atoms with Crippen LogP contribution in [0.5, 0.6) is 0 Å². The lowest BCUT2D eigenvalue weighted by atomic mass is 9.93. The number of hydrogen-bond acceptors (Lipinski definition) is 7. The van der Waals surface area contributed by atoms with Crippen molar-refractivity contribution >= 4 is 75.9 Å². The number of aromatic nitrogens is 6. The van der Waals surface area contributed by atoms with Crippen LogP contribution in [0.15, 0.2) is 114 Å². The number of aromatic amines is 2. The quantitative estimate of drug-likeness (QED) is 0.205. The molecule has 0 aliphatic carbocycles. The largest absolute Gasteiger partial charge is 0.463 e. The van der Waals surface area contributed by atoms with Crippen molar-refractivity contribution in [2.75, 3.05) is 0 Å². The topological polar surface area (TPSA) is 96.3 Å². The van der Waals surface area contributed by atoms with Gasteiger partial charge in [0.1, 0.15) is 16.3 Å². The van der Waals surface area contributed by atoms with Crippen molar-refractivity contribution in [1.29, 1.82) is 0 Å². The maximum absolute atomic E-state index is 6.36. The van der Waals surface area contributed by atoms with Crippen molar-refractivity contribution in [2.24, 2.45) is 0 Å². The van der Waals surface area contributed by atoms with E-state index in [0.717, 1.165) is 97.4 Å². The molecule has 0 saturated heterocycles. The van der Waals surface area contributed by atoms with Crippen LogP contribution in [0.25, 0.3) is 97.4 Å². The zero-order chi connectivity index (χ0) is 29.5. The molecule has 5 aromatic heterocycles. The van der Waals surface area contributed by atoms with Gasteiger partial charge in [-0.15, -0.1) is 16.4 Å². The Morgan fingerprint density at radius 1 is 0.689 bits per heavy atom. The third kappa shape index (κ3) is 3.62. The van der Waals surface area contributed by atoms with Gasteiger partial charge >= 0.3 is 0 Å². The second-order valence-electron chi connectivity index (χ2n) is 11.0. The summed E-state index contributed by atoms with van der Waals surface area (Å²) in [5.41, 5.74) is 9.41. The Balaban J connectivity index is 1.40. The number of para-hydroxylation sites is 1. The van der Waals surface area contributed by atoms with Gasteiger partial charge in [0.2, 0.25) is 0 Å². The molecule has 0 aliphatic heterocycles. The van der Waals surface area contributed by atoms with E-state index in [-0.39, 0.29) is 0 Å². The summed E-state index contributed by atoms with van der Waals surface area (Å²) in [5, 5.41) is 16.8. The molecule has 0 bridgehead atoms. The van der Waals surface area contributed by atoms with Gasteiger partial charge in [0, 0.05) is 49.3 Å². The molecule has 9 heteroatoms. The predicted octanol–water partition coefficient (Wildman–Crippen LogP) is 10.1. The van der Waals surface area contributed by atoms with E-state index in [1.54, 1.807) is 11.3 Å². The van der Waals surface area contributed by atoms with E-state index in [9.17, 15) is 0 Å². The van der Waals surface area contributed by atoms with Crippen LogP contribution in [0.4, 0.5) is 0 Å². The van der Waals surface area contributed by atoms with Crippen molar-refractivity contribution < 1.29 is 4.42 Å². The number of benzene rings is 5. The van der Waals surface area contributed by atoms with Crippen LogP contribution in [0.1, 0.15) is 0 Å². The molecule has 0 radical (unpaired) electrons. The average Bonchev–Trinajstić information content (AvgIpc) is 3.92. The summed E-state index contributed by atoms with van der Waals surface area (Å²) in [6.45, 7) is 0. The summed E-state index contributed by atoms with van der Waals surface area (Å²) >= 11 is 3.20. The molecule has 0 spiro atoms. The van der Waals surface area contributed by atoms with Crippen molar-refractivity contribution in [3.8, 4) is 44.4 Å². The monoisotopic (exact) mass is 616 g/mol. The van der Waals surface area contributed by atoms with Crippen LogP contribution in [0.3, 0.4) is 0 Å². The van der Waals surface area contributed by atoms with E-state index in [4.69, 9.17) is 13.8 Å². The van der Waals surface area contributed by atoms with Gasteiger partial charge in [-0.05, 0) is 47.9 Å². The van der Waals surface area contributed by atoms with Gasteiger partial charge in [0.25, 0.3) is 0 Å². The Kier molecular flexibility index (Phi) is 5.19. The Bertz CT molecular complexity index is 2710. The second-order valence-corrected chi connectivity index (χ2v) is 12.8. The number of hydrogen-bond donors (Lipinski definition) is 2. The highest BCUT2D eigenvalue weighted by Gasteiger charge is 2.28. The third-order valence-corrected chi connectivity index (χ3v) is 10.3. The van der Waals surface area contributed by atoms with Crippen molar-refractivity contribution in [3.63, 3.8) is 0 Å². The maximum Gasteiger partial charge on any atom is 0.142 e. The lowest BCUT2D eigenvalue weighted by molar-refractivity contribution is 0.587. The molecule has 0 fully saturated rings. The number of nitrogens with one attached hydrogen (secondary N) is 2. The van der Waals surface area contributed by atoms with Gasteiger partial charge in [-0.25, -0.2) is 4.98 Å². The fourth-order valence-electron chi connectivity index (χ4n) is 6.46. The van der Waals surface area contributed by atoms with Gasteiger partial charge < -0.3 is 9.40 Å². The minimum Gasteiger partial charge on any atom is -0.463 e. The summed E-state index contributed by atoms with van der Waals surface area (Å²) in [7, 11) is 0. The molecule has 5 aromatic carbocycles. The van der Waals surface area contributed by atoms with Crippen LogP contribution in [-0.4, -0.2) is 29.8 Å². The first-order valence-corrected chi connectivity index (χ1v) is 16.1. The number of nitrogens with zero attached hydrogens (tertiary/aromatic N) is 4. The Morgan fingerprint density at radius 2 is 1.53 bits per heavy atom. The molecule has 212 valence electrons. The van der Waals surface area contributed by atoms with Crippen LogP contribution in [0.2, 0.25) is 0 Å². The van der Waals surface area contributed by atoms with Gasteiger partial charge in [-0.3, -0.25) is 5.10 Å². The summed E-state index contributed by atoms with van der Waals surface area (Å²) < 4.78 is 13.7. The van der Waals surface area contributed by atoms with Gasteiger partial charge in [-0.2, -0.15) is 4.37 Å². The smallest absolute Gasteiger partial charge is 0.142 e. The highest BCUT2D eigenvalue weighted by molar-refractivity contribution is 7.21. The molecule has 10 rings (SSSR count). The van der Waals surface area contributed by atoms with Crippen molar-refractivity contribution in [3.05, 3.63) is 109 Å². The van der Waals surface area contributed by atoms with E-state index >= 15 is 0 Å². The SMILES string of the molecule is c1ccc2c(-c3ccc4[nH]c(-c5cccc6[nH]nnc56)c(-c5nsc6ccccc56)c4c3-c3nc4ccccc4s3)occ2c1. The van der Waals surface area contributed by atoms with Crippen LogP contribution >= 0.6 is 22.9 Å². The van der Waals surface area contributed by atoms with Crippen LogP contribution in [0, 0.1) is 0 Å². The Hall–Kier alpha value is -5.64. The van der Waals surface area contributed by atoms with E-state index in [1.807, 2.05) is 30.5 Å². The van der Waals surface area contributed by atoms with E-state index in [2.05, 4.69) is 99.3 Å². The first kappa shape index (κ1) is 24.8. The summed E-state index contributed by atoms with van der Waals surface area (Å²) in [5.74, 6) is 0.817. The number of fused-ring (bicyclic) bond motifs is 5. The average molecular weight is 617 g/mol. The predicted molar refractivity (Wildman–Crippen MR) is 184 cm³/mol. The minimum atomic E-state index is 0.795. The molecule has 10 aromatic rings.